The van der Waals surface area contributed by atoms with E-state index in [1.54, 1.807) is 7.11 Å². The van der Waals surface area contributed by atoms with Crippen LogP contribution >= 0.6 is 0 Å². The molecular formula is C17H29NO2. The van der Waals surface area contributed by atoms with E-state index in [4.69, 9.17) is 9.47 Å². The molecule has 0 radical (unpaired) electrons. The van der Waals surface area contributed by atoms with Crippen molar-refractivity contribution in [2.24, 2.45) is 11.3 Å². The molecular weight excluding hydrogens is 250 g/mol. The predicted molar refractivity (Wildman–Crippen MR) is 84.2 cm³/mol. The standard InChI is InChI=1S/C17H29NO2/c1-15(2)17(3,14-18-11-13-19-4)10-12-20-16-8-6-5-7-9-16/h5-9,15,18H,10-14H2,1-4H3. The molecule has 0 aromatic heterocycles. The van der Waals surface area contributed by atoms with Gasteiger partial charge in [-0.05, 0) is 29.9 Å². The van der Waals surface area contributed by atoms with E-state index in [9.17, 15) is 0 Å². The Hall–Kier alpha value is -1.06. The SMILES string of the molecule is COCCNCC(C)(CCOc1ccccc1)C(C)C. The highest BCUT2D eigenvalue weighted by Gasteiger charge is 2.27. The Balaban J connectivity index is 2.37. The van der Waals surface area contributed by atoms with Crippen molar-refractivity contribution < 1.29 is 9.47 Å². The van der Waals surface area contributed by atoms with E-state index in [-0.39, 0.29) is 5.41 Å². The van der Waals surface area contributed by atoms with Crippen LogP contribution in [0.2, 0.25) is 0 Å². The van der Waals surface area contributed by atoms with Crippen LogP contribution in [0.1, 0.15) is 27.2 Å². The normalized spacial score (nSPS) is 14.2. The lowest BCUT2D eigenvalue weighted by Crippen LogP contribution is -2.38. The second-order valence-corrected chi connectivity index (χ2v) is 5.89. The van der Waals surface area contributed by atoms with Gasteiger partial charge in [-0.2, -0.15) is 0 Å². The number of benzene rings is 1. The van der Waals surface area contributed by atoms with Gasteiger partial charge in [-0.15, -0.1) is 0 Å². The van der Waals surface area contributed by atoms with Crippen LogP contribution in [0.3, 0.4) is 0 Å². The van der Waals surface area contributed by atoms with Crippen molar-refractivity contribution in [3.63, 3.8) is 0 Å². The fraction of sp³-hybridized carbons (Fsp3) is 0.647. The number of para-hydroxylation sites is 1. The van der Waals surface area contributed by atoms with E-state index in [0.717, 1.165) is 38.5 Å². The zero-order chi connectivity index (χ0) is 14.8. The first-order valence-electron chi connectivity index (χ1n) is 7.46. The predicted octanol–water partition coefficient (Wildman–Crippen LogP) is 3.35. The minimum Gasteiger partial charge on any atom is -0.494 e. The van der Waals surface area contributed by atoms with E-state index in [0.29, 0.717) is 5.92 Å². The molecule has 1 N–H and O–H groups in total. The van der Waals surface area contributed by atoms with E-state index in [1.165, 1.54) is 0 Å². The van der Waals surface area contributed by atoms with Crippen LogP contribution in [-0.2, 0) is 4.74 Å². The molecule has 1 rings (SSSR count). The van der Waals surface area contributed by atoms with E-state index in [1.807, 2.05) is 30.3 Å². The van der Waals surface area contributed by atoms with Crippen LogP contribution in [-0.4, -0.2) is 33.4 Å². The molecule has 0 amide bonds. The Morgan fingerprint density at radius 2 is 1.85 bits per heavy atom. The zero-order valence-corrected chi connectivity index (χ0v) is 13.3. The summed E-state index contributed by atoms with van der Waals surface area (Å²) in [5, 5.41) is 3.48. The molecule has 0 aliphatic carbocycles. The van der Waals surface area contributed by atoms with Crippen LogP contribution in [0.15, 0.2) is 30.3 Å². The van der Waals surface area contributed by atoms with Gasteiger partial charge in [0.1, 0.15) is 5.75 Å². The molecule has 1 atom stereocenters. The summed E-state index contributed by atoms with van der Waals surface area (Å²) < 4.78 is 10.9. The number of hydrogen-bond donors (Lipinski definition) is 1. The van der Waals surface area contributed by atoms with Gasteiger partial charge in [-0.25, -0.2) is 0 Å². The fourth-order valence-electron chi connectivity index (χ4n) is 2.05. The van der Waals surface area contributed by atoms with E-state index >= 15 is 0 Å². The summed E-state index contributed by atoms with van der Waals surface area (Å²) in [5.74, 6) is 1.56. The van der Waals surface area contributed by atoms with Gasteiger partial charge in [0.05, 0.1) is 13.2 Å². The molecule has 3 heteroatoms. The first-order chi connectivity index (χ1) is 9.58. The van der Waals surface area contributed by atoms with Crippen LogP contribution in [0.4, 0.5) is 0 Å². The van der Waals surface area contributed by atoms with Crippen molar-refractivity contribution in [1.82, 2.24) is 5.32 Å². The van der Waals surface area contributed by atoms with Gasteiger partial charge in [0.15, 0.2) is 0 Å². The van der Waals surface area contributed by atoms with Crippen LogP contribution < -0.4 is 10.1 Å². The maximum Gasteiger partial charge on any atom is 0.119 e. The molecule has 0 bridgehead atoms. The van der Waals surface area contributed by atoms with Gasteiger partial charge in [0, 0.05) is 20.2 Å². The Bertz CT molecular complexity index is 353. The Kier molecular flexibility index (Phi) is 7.63. The average Bonchev–Trinajstić information content (AvgIpc) is 2.45. The van der Waals surface area contributed by atoms with Crippen LogP contribution in [0.5, 0.6) is 5.75 Å². The number of rotatable bonds is 10. The number of methoxy groups -OCH3 is 1. The minimum atomic E-state index is 0.239. The first-order valence-corrected chi connectivity index (χ1v) is 7.46. The van der Waals surface area contributed by atoms with Crippen LogP contribution in [0, 0.1) is 11.3 Å². The van der Waals surface area contributed by atoms with Crippen molar-refractivity contribution >= 4 is 0 Å². The zero-order valence-electron chi connectivity index (χ0n) is 13.3. The maximum absolute atomic E-state index is 5.83. The molecule has 114 valence electrons. The Morgan fingerprint density at radius 3 is 2.45 bits per heavy atom. The number of hydrogen-bond acceptors (Lipinski definition) is 3. The molecule has 0 saturated carbocycles. The third kappa shape index (κ3) is 5.93. The minimum absolute atomic E-state index is 0.239. The lowest BCUT2D eigenvalue weighted by molar-refractivity contribution is 0.142. The van der Waals surface area contributed by atoms with Gasteiger partial charge in [0.25, 0.3) is 0 Å². The highest BCUT2D eigenvalue weighted by molar-refractivity contribution is 5.20. The highest BCUT2D eigenvalue weighted by Crippen LogP contribution is 2.30. The molecule has 3 nitrogen and oxygen atoms in total. The van der Waals surface area contributed by atoms with E-state index < -0.39 is 0 Å². The van der Waals surface area contributed by atoms with E-state index in [2.05, 4.69) is 26.1 Å². The molecule has 1 unspecified atom stereocenters. The average molecular weight is 279 g/mol. The van der Waals surface area contributed by atoms with Gasteiger partial charge in [0.2, 0.25) is 0 Å². The smallest absolute Gasteiger partial charge is 0.119 e. The fourth-order valence-corrected chi connectivity index (χ4v) is 2.05. The van der Waals surface area contributed by atoms with Gasteiger partial charge < -0.3 is 14.8 Å². The van der Waals surface area contributed by atoms with Crippen molar-refractivity contribution in [2.75, 3.05) is 33.4 Å². The monoisotopic (exact) mass is 279 g/mol. The van der Waals surface area contributed by atoms with Crippen molar-refractivity contribution in [3.8, 4) is 5.75 Å². The molecule has 0 aliphatic rings. The molecule has 0 spiro atoms. The number of ether oxygens (including phenoxy) is 2. The van der Waals surface area contributed by atoms with Crippen LogP contribution in [0.25, 0.3) is 0 Å². The summed E-state index contributed by atoms with van der Waals surface area (Å²) >= 11 is 0. The molecule has 1 aromatic rings. The van der Waals surface area contributed by atoms with Gasteiger partial charge >= 0.3 is 0 Å². The molecule has 0 heterocycles. The molecule has 0 aliphatic heterocycles. The third-order valence-electron chi connectivity index (χ3n) is 4.09. The molecule has 0 fully saturated rings. The summed E-state index contributed by atoms with van der Waals surface area (Å²) in [6.07, 6.45) is 1.04. The number of nitrogens with one attached hydrogen (secondary N) is 1. The highest BCUT2D eigenvalue weighted by atomic mass is 16.5. The second kappa shape index (κ2) is 8.98. The topological polar surface area (TPSA) is 30.5 Å². The van der Waals surface area contributed by atoms with Gasteiger partial charge in [-0.1, -0.05) is 39.0 Å². The Labute approximate surface area is 123 Å². The molecule has 20 heavy (non-hydrogen) atoms. The summed E-state index contributed by atoms with van der Waals surface area (Å²) in [5.41, 5.74) is 0.239. The van der Waals surface area contributed by atoms with Crippen molar-refractivity contribution in [3.05, 3.63) is 30.3 Å². The third-order valence-corrected chi connectivity index (χ3v) is 4.09. The lowest BCUT2D eigenvalue weighted by atomic mass is 9.76. The summed E-state index contributed by atoms with van der Waals surface area (Å²) in [6, 6.07) is 10.0. The Morgan fingerprint density at radius 1 is 1.15 bits per heavy atom. The second-order valence-electron chi connectivity index (χ2n) is 5.89. The lowest BCUT2D eigenvalue weighted by Gasteiger charge is -2.34. The summed E-state index contributed by atoms with van der Waals surface area (Å²) in [6.45, 7) is 10.3. The quantitative estimate of drug-likeness (QED) is 0.666. The first kappa shape index (κ1) is 17.0. The maximum atomic E-state index is 5.83. The molecule has 1 aromatic carbocycles. The summed E-state index contributed by atoms with van der Waals surface area (Å²) in [7, 11) is 1.73. The van der Waals surface area contributed by atoms with Crippen molar-refractivity contribution in [1.29, 1.82) is 0 Å². The van der Waals surface area contributed by atoms with Crippen molar-refractivity contribution in [2.45, 2.75) is 27.2 Å². The largest absolute Gasteiger partial charge is 0.494 e. The molecule has 0 saturated heterocycles. The van der Waals surface area contributed by atoms with Gasteiger partial charge in [-0.3, -0.25) is 0 Å². The summed E-state index contributed by atoms with van der Waals surface area (Å²) in [4.78, 5) is 0.